The van der Waals surface area contributed by atoms with Gasteiger partial charge in [0.2, 0.25) is 0 Å². The molecule has 0 saturated carbocycles. The van der Waals surface area contributed by atoms with Crippen molar-refractivity contribution in [1.82, 2.24) is 15.6 Å². The summed E-state index contributed by atoms with van der Waals surface area (Å²) in [6.07, 6.45) is 1.88. The molecule has 2 rings (SSSR count). The number of thiazole rings is 1. The molecule has 0 saturated heterocycles. The highest BCUT2D eigenvalue weighted by Crippen LogP contribution is 2.16. The Labute approximate surface area is 134 Å². The lowest BCUT2D eigenvalue weighted by Crippen LogP contribution is -2.38. The molecule has 0 aliphatic carbocycles. The summed E-state index contributed by atoms with van der Waals surface area (Å²) in [5, 5.41) is 8.42. The van der Waals surface area contributed by atoms with Gasteiger partial charge in [0.25, 0.3) is 0 Å². The summed E-state index contributed by atoms with van der Waals surface area (Å²) in [7, 11) is 1.76. The van der Waals surface area contributed by atoms with Gasteiger partial charge in [0.1, 0.15) is 5.01 Å². The molecule has 0 spiro atoms. The number of hydrogen-bond acceptors (Lipinski definition) is 3. The van der Waals surface area contributed by atoms with Gasteiger partial charge in [-0.2, -0.15) is 0 Å². The number of nitrogens with one attached hydrogen (secondary N) is 2. The van der Waals surface area contributed by atoms with E-state index in [1.165, 1.54) is 4.88 Å². The van der Waals surface area contributed by atoms with Gasteiger partial charge >= 0.3 is 0 Å². The summed E-state index contributed by atoms with van der Waals surface area (Å²) >= 11 is 7.59. The van der Waals surface area contributed by atoms with Crippen LogP contribution in [0, 0.1) is 6.92 Å². The molecule has 112 valence electrons. The largest absolute Gasteiger partial charge is 0.350 e. The fourth-order valence-electron chi connectivity index (χ4n) is 1.88. The van der Waals surface area contributed by atoms with Crippen molar-refractivity contribution in [3.05, 3.63) is 50.9 Å². The third-order valence-electron chi connectivity index (χ3n) is 3.02. The lowest BCUT2D eigenvalue weighted by Gasteiger charge is -2.18. The Bertz CT molecular complexity index is 606. The van der Waals surface area contributed by atoms with Crippen LogP contribution in [-0.4, -0.2) is 18.0 Å². The second-order valence-corrected chi connectivity index (χ2v) is 6.46. The summed E-state index contributed by atoms with van der Waals surface area (Å²) in [6.45, 7) is 4.81. The number of aryl methyl sites for hydroxylation is 1. The van der Waals surface area contributed by atoms with Crippen molar-refractivity contribution in [2.75, 3.05) is 7.05 Å². The first-order chi connectivity index (χ1) is 10.1. The van der Waals surface area contributed by atoms with E-state index >= 15 is 0 Å². The van der Waals surface area contributed by atoms with Crippen LogP contribution in [0.1, 0.15) is 28.4 Å². The molecule has 2 aromatic rings. The van der Waals surface area contributed by atoms with Crippen molar-refractivity contribution in [3.63, 3.8) is 0 Å². The van der Waals surface area contributed by atoms with Crippen molar-refractivity contribution < 1.29 is 0 Å². The molecule has 1 atom stereocenters. The summed E-state index contributed by atoms with van der Waals surface area (Å²) < 4.78 is 0. The van der Waals surface area contributed by atoms with E-state index in [0.717, 1.165) is 21.6 Å². The van der Waals surface area contributed by atoms with Gasteiger partial charge in [0.15, 0.2) is 5.96 Å². The van der Waals surface area contributed by atoms with Crippen LogP contribution in [0.25, 0.3) is 0 Å². The Morgan fingerprint density at radius 3 is 2.67 bits per heavy atom. The molecule has 21 heavy (non-hydrogen) atoms. The number of aliphatic imine (C=N–C) groups is 1. The lowest BCUT2D eigenvalue weighted by molar-refractivity contribution is 0.685. The minimum atomic E-state index is 0.145. The average Bonchev–Trinajstić information content (AvgIpc) is 2.89. The number of aromatic nitrogens is 1. The molecule has 0 radical (unpaired) electrons. The number of nitrogens with zero attached hydrogens (tertiary/aromatic N) is 2. The summed E-state index contributed by atoms with van der Waals surface area (Å²) in [5.41, 5.74) is 1.16. The zero-order valence-electron chi connectivity index (χ0n) is 12.4. The zero-order valence-corrected chi connectivity index (χ0v) is 13.9. The van der Waals surface area contributed by atoms with Crippen LogP contribution < -0.4 is 10.6 Å². The van der Waals surface area contributed by atoms with Gasteiger partial charge in [-0.25, -0.2) is 4.98 Å². The van der Waals surface area contributed by atoms with Crippen LogP contribution in [0.4, 0.5) is 0 Å². The SMILES string of the molecule is CN=C(NCc1ncc(C)s1)NC(C)c1ccc(Cl)cc1. The van der Waals surface area contributed by atoms with Gasteiger partial charge in [0.05, 0.1) is 12.6 Å². The summed E-state index contributed by atoms with van der Waals surface area (Å²) in [4.78, 5) is 9.78. The third-order valence-corrected chi connectivity index (χ3v) is 4.19. The minimum absolute atomic E-state index is 0.145. The van der Waals surface area contributed by atoms with Gasteiger partial charge in [-0.05, 0) is 31.5 Å². The van der Waals surface area contributed by atoms with Crippen LogP contribution in [0.3, 0.4) is 0 Å². The van der Waals surface area contributed by atoms with Gasteiger partial charge in [-0.15, -0.1) is 11.3 Å². The molecule has 1 aromatic heterocycles. The van der Waals surface area contributed by atoms with Crippen molar-refractivity contribution in [1.29, 1.82) is 0 Å². The highest BCUT2D eigenvalue weighted by molar-refractivity contribution is 7.11. The first-order valence-electron chi connectivity index (χ1n) is 6.72. The van der Waals surface area contributed by atoms with Gasteiger partial charge < -0.3 is 10.6 Å². The van der Waals surface area contributed by atoms with Crippen LogP contribution >= 0.6 is 22.9 Å². The molecule has 1 aromatic carbocycles. The van der Waals surface area contributed by atoms with Gasteiger partial charge in [0, 0.05) is 23.1 Å². The quantitative estimate of drug-likeness (QED) is 0.668. The predicted molar refractivity (Wildman–Crippen MR) is 90.1 cm³/mol. The highest BCUT2D eigenvalue weighted by Gasteiger charge is 2.08. The van der Waals surface area contributed by atoms with E-state index in [1.807, 2.05) is 30.5 Å². The highest BCUT2D eigenvalue weighted by atomic mass is 35.5. The van der Waals surface area contributed by atoms with Gasteiger partial charge in [-0.3, -0.25) is 4.99 Å². The van der Waals surface area contributed by atoms with Crippen molar-refractivity contribution in [3.8, 4) is 0 Å². The fraction of sp³-hybridized carbons (Fsp3) is 0.333. The molecule has 2 N–H and O–H groups in total. The number of benzene rings is 1. The molecule has 0 aliphatic rings. The average molecular weight is 323 g/mol. The van der Waals surface area contributed by atoms with E-state index in [0.29, 0.717) is 6.54 Å². The zero-order chi connectivity index (χ0) is 15.2. The first kappa shape index (κ1) is 15.8. The molecular weight excluding hydrogens is 304 g/mol. The van der Waals surface area contributed by atoms with Crippen molar-refractivity contribution in [2.45, 2.75) is 26.4 Å². The topological polar surface area (TPSA) is 49.3 Å². The summed E-state index contributed by atoms with van der Waals surface area (Å²) in [6, 6.07) is 7.95. The smallest absolute Gasteiger partial charge is 0.191 e. The predicted octanol–water partition coefficient (Wildman–Crippen LogP) is 3.53. The number of guanidine groups is 1. The Morgan fingerprint density at radius 2 is 2.10 bits per heavy atom. The third kappa shape index (κ3) is 4.72. The maximum Gasteiger partial charge on any atom is 0.191 e. The van der Waals surface area contributed by atoms with Crippen LogP contribution in [0.15, 0.2) is 35.5 Å². The Hall–Kier alpha value is -1.59. The number of hydrogen-bond donors (Lipinski definition) is 2. The Balaban J connectivity index is 1.91. The van der Waals surface area contributed by atoms with Crippen LogP contribution in [0.5, 0.6) is 0 Å². The fourth-order valence-corrected chi connectivity index (χ4v) is 2.73. The van der Waals surface area contributed by atoms with Crippen molar-refractivity contribution in [2.24, 2.45) is 4.99 Å². The van der Waals surface area contributed by atoms with E-state index in [1.54, 1.807) is 18.4 Å². The van der Waals surface area contributed by atoms with Crippen molar-refractivity contribution >= 4 is 28.9 Å². The van der Waals surface area contributed by atoms with Crippen LogP contribution in [-0.2, 0) is 6.54 Å². The van der Waals surface area contributed by atoms with E-state index < -0.39 is 0 Å². The first-order valence-corrected chi connectivity index (χ1v) is 7.92. The maximum atomic E-state index is 5.91. The second kappa shape index (κ2) is 7.43. The van der Waals surface area contributed by atoms with E-state index in [9.17, 15) is 0 Å². The number of rotatable bonds is 4. The molecule has 0 fully saturated rings. The monoisotopic (exact) mass is 322 g/mol. The Kier molecular flexibility index (Phi) is 5.59. The lowest BCUT2D eigenvalue weighted by atomic mass is 10.1. The molecule has 0 bridgehead atoms. The summed E-state index contributed by atoms with van der Waals surface area (Å²) in [5.74, 6) is 0.755. The number of halogens is 1. The van der Waals surface area contributed by atoms with E-state index in [4.69, 9.17) is 11.6 Å². The normalized spacial score (nSPS) is 13.0. The van der Waals surface area contributed by atoms with E-state index in [2.05, 4.69) is 34.5 Å². The molecule has 6 heteroatoms. The molecular formula is C15H19ClN4S. The molecule has 1 unspecified atom stereocenters. The molecule has 0 amide bonds. The standard InChI is InChI=1S/C15H19ClN4S/c1-10-8-18-14(21-10)9-19-15(17-3)20-11(2)12-4-6-13(16)7-5-12/h4-8,11H,9H2,1-3H3,(H2,17,19,20). The minimum Gasteiger partial charge on any atom is -0.350 e. The second-order valence-electron chi connectivity index (χ2n) is 4.71. The molecule has 4 nitrogen and oxygen atoms in total. The molecule has 0 aliphatic heterocycles. The maximum absolute atomic E-state index is 5.91. The molecule has 1 heterocycles. The van der Waals surface area contributed by atoms with Gasteiger partial charge in [-0.1, -0.05) is 23.7 Å². The van der Waals surface area contributed by atoms with E-state index in [-0.39, 0.29) is 6.04 Å². The van der Waals surface area contributed by atoms with Crippen LogP contribution in [0.2, 0.25) is 5.02 Å². The Morgan fingerprint density at radius 1 is 1.38 bits per heavy atom.